The maximum atomic E-state index is 12.8. The summed E-state index contributed by atoms with van der Waals surface area (Å²) in [6.45, 7) is 3.06. The molecule has 4 rings (SSSR count). The first-order valence-corrected chi connectivity index (χ1v) is 8.69. The lowest BCUT2D eigenvalue weighted by molar-refractivity contribution is 0.0817. The van der Waals surface area contributed by atoms with Gasteiger partial charge in [0.15, 0.2) is 5.65 Å². The van der Waals surface area contributed by atoms with Crippen LogP contribution < -0.4 is 14.8 Å². The van der Waals surface area contributed by atoms with Crippen LogP contribution in [0.3, 0.4) is 0 Å². The normalized spacial score (nSPS) is 14.8. The van der Waals surface area contributed by atoms with E-state index in [4.69, 9.17) is 9.47 Å². The number of carbonyl (C=O) groups excluding carboxylic acids is 1. The molecule has 1 aliphatic heterocycles. The molecule has 0 fully saturated rings. The van der Waals surface area contributed by atoms with Gasteiger partial charge in [0.05, 0.1) is 11.9 Å². The van der Waals surface area contributed by atoms with Crippen LogP contribution in [0.5, 0.6) is 11.5 Å². The standard InChI is InChI=1S/C19H18F2N4O3/c1-19(2)8-11-6-13(15(7-14(11)28-19)27-10-16(20)21)24-18(26)12-9-23-25-5-3-4-22-17(12)25/h3-7,9,16H,8,10H2,1-2H3,(H,24,26). The molecule has 0 spiro atoms. The average molecular weight is 388 g/mol. The van der Waals surface area contributed by atoms with Crippen molar-refractivity contribution in [1.82, 2.24) is 14.6 Å². The number of hydrogen-bond acceptors (Lipinski definition) is 5. The van der Waals surface area contributed by atoms with Crippen molar-refractivity contribution in [2.45, 2.75) is 32.3 Å². The van der Waals surface area contributed by atoms with Gasteiger partial charge < -0.3 is 14.8 Å². The number of carbonyl (C=O) groups is 1. The number of rotatable bonds is 5. The van der Waals surface area contributed by atoms with Crippen LogP contribution in [0.1, 0.15) is 29.8 Å². The van der Waals surface area contributed by atoms with Gasteiger partial charge in [0.1, 0.15) is 29.3 Å². The van der Waals surface area contributed by atoms with Crippen LogP contribution in [0.15, 0.2) is 36.8 Å². The Hall–Kier alpha value is -3.23. The second-order valence-corrected chi connectivity index (χ2v) is 7.10. The molecule has 3 heterocycles. The van der Waals surface area contributed by atoms with E-state index < -0.39 is 24.5 Å². The monoisotopic (exact) mass is 388 g/mol. The Labute approximate surface area is 159 Å². The summed E-state index contributed by atoms with van der Waals surface area (Å²) in [5.74, 6) is 0.216. The van der Waals surface area contributed by atoms with E-state index >= 15 is 0 Å². The van der Waals surface area contributed by atoms with E-state index in [1.54, 1.807) is 24.5 Å². The summed E-state index contributed by atoms with van der Waals surface area (Å²) in [5.41, 5.74) is 1.39. The molecule has 0 saturated heterocycles. The molecule has 0 saturated carbocycles. The second-order valence-electron chi connectivity index (χ2n) is 7.10. The van der Waals surface area contributed by atoms with E-state index in [9.17, 15) is 13.6 Å². The highest BCUT2D eigenvalue weighted by molar-refractivity contribution is 6.08. The number of alkyl halides is 2. The predicted octanol–water partition coefficient (Wildman–Crippen LogP) is 3.34. The Morgan fingerprint density at radius 2 is 2.25 bits per heavy atom. The van der Waals surface area contributed by atoms with Crippen LogP contribution in [0.25, 0.3) is 5.65 Å². The smallest absolute Gasteiger partial charge is 0.272 e. The summed E-state index contributed by atoms with van der Waals surface area (Å²) in [6, 6.07) is 4.93. The van der Waals surface area contributed by atoms with E-state index in [-0.39, 0.29) is 11.3 Å². The zero-order chi connectivity index (χ0) is 19.9. The molecule has 1 N–H and O–H groups in total. The van der Waals surface area contributed by atoms with Crippen molar-refractivity contribution < 1.29 is 23.0 Å². The Morgan fingerprint density at radius 3 is 3.04 bits per heavy atom. The molecule has 0 unspecified atom stereocenters. The van der Waals surface area contributed by atoms with E-state index in [1.165, 1.54) is 16.8 Å². The number of hydrogen-bond donors (Lipinski definition) is 1. The third-order valence-electron chi connectivity index (χ3n) is 4.30. The van der Waals surface area contributed by atoms with Crippen LogP contribution in [-0.2, 0) is 6.42 Å². The van der Waals surface area contributed by atoms with Crippen molar-refractivity contribution in [3.8, 4) is 11.5 Å². The maximum Gasteiger partial charge on any atom is 0.272 e. The average Bonchev–Trinajstić information content (AvgIpc) is 3.18. The summed E-state index contributed by atoms with van der Waals surface area (Å²) in [6.07, 6.45) is 2.61. The number of anilines is 1. The van der Waals surface area contributed by atoms with Crippen LogP contribution in [-0.4, -0.2) is 39.1 Å². The minimum atomic E-state index is -2.64. The Bertz CT molecular complexity index is 1050. The molecule has 2 aromatic heterocycles. The Morgan fingerprint density at radius 1 is 1.43 bits per heavy atom. The fourth-order valence-electron chi connectivity index (χ4n) is 3.18. The highest BCUT2D eigenvalue weighted by Crippen LogP contribution is 2.41. The fraction of sp³-hybridized carbons (Fsp3) is 0.316. The van der Waals surface area contributed by atoms with Crippen molar-refractivity contribution in [3.05, 3.63) is 47.9 Å². The van der Waals surface area contributed by atoms with Gasteiger partial charge in [-0.2, -0.15) is 5.10 Å². The number of ether oxygens (including phenoxy) is 2. The summed E-state index contributed by atoms with van der Waals surface area (Å²) in [5, 5.41) is 6.81. The molecule has 28 heavy (non-hydrogen) atoms. The topological polar surface area (TPSA) is 77.8 Å². The van der Waals surface area contributed by atoms with Crippen LogP contribution >= 0.6 is 0 Å². The van der Waals surface area contributed by atoms with Gasteiger partial charge in [-0.05, 0) is 26.0 Å². The van der Waals surface area contributed by atoms with Gasteiger partial charge in [-0.15, -0.1) is 0 Å². The predicted molar refractivity (Wildman–Crippen MR) is 97.3 cm³/mol. The maximum absolute atomic E-state index is 12.8. The molecule has 0 aliphatic carbocycles. The summed E-state index contributed by atoms with van der Waals surface area (Å²) in [4.78, 5) is 16.9. The first-order valence-electron chi connectivity index (χ1n) is 8.69. The van der Waals surface area contributed by atoms with Crippen LogP contribution in [0.2, 0.25) is 0 Å². The number of aromatic nitrogens is 3. The number of nitrogens with zero attached hydrogens (tertiary/aromatic N) is 3. The summed E-state index contributed by atoms with van der Waals surface area (Å²) >= 11 is 0. The van der Waals surface area contributed by atoms with Gasteiger partial charge in [-0.3, -0.25) is 4.79 Å². The van der Waals surface area contributed by atoms with Crippen molar-refractivity contribution >= 4 is 17.2 Å². The molecule has 0 bridgehead atoms. The molecule has 1 aliphatic rings. The Kier molecular flexibility index (Phi) is 4.37. The quantitative estimate of drug-likeness (QED) is 0.725. The zero-order valence-electron chi connectivity index (χ0n) is 15.3. The number of benzene rings is 1. The van der Waals surface area contributed by atoms with Gasteiger partial charge >= 0.3 is 0 Å². The number of nitrogens with one attached hydrogen (secondary N) is 1. The van der Waals surface area contributed by atoms with Crippen molar-refractivity contribution in [2.24, 2.45) is 0 Å². The molecular weight excluding hydrogens is 370 g/mol. The minimum absolute atomic E-state index is 0.120. The first-order chi connectivity index (χ1) is 13.3. The third-order valence-corrected chi connectivity index (χ3v) is 4.30. The lowest BCUT2D eigenvalue weighted by Gasteiger charge is -2.17. The van der Waals surface area contributed by atoms with Crippen molar-refractivity contribution in [3.63, 3.8) is 0 Å². The Balaban J connectivity index is 1.67. The van der Waals surface area contributed by atoms with E-state index in [0.29, 0.717) is 23.5 Å². The summed E-state index contributed by atoms with van der Waals surface area (Å²) in [7, 11) is 0. The zero-order valence-corrected chi connectivity index (χ0v) is 15.3. The van der Waals surface area contributed by atoms with Crippen LogP contribution in [0, 0.1) is 0 Å². The van der Waals surface area contributed by atoms with Gasteiger partial charge in [0.25, 0.3) is 12.3 Å². The van der Waals surface area contributed by atoms with Crippen molar-refractivity contribution in [2.75, 3.05) is 11.9 Å². The highest BCUT2D eigenvalue weighted by Gasteiger charge is 2.32. The largest absolute Gasteiger partial charge is 0.487 e. The lowest BCUT2D eigenvalue weighted by atomic mass is 10.0. The van der Waals surface area contributed by atoms with Crippen LogP contribution in [0.4, 0.5) is 14.5 Å². The molecule has 1 amide bonds. The number of fused-ring (bicyclic) bond motifs is 2. The van der Waals surface area contributed by atoms with E-state index in [1.807, 2.05) is 13.8 Å². The first kappa shape index (κ1) is 18.1. The molecule has 3 aromatic rings. The van der Waals surface area contributed by atoms with Crippen molar-refractivity contribution in [1.29, 1.82) is 0 Å². The third kappa shape index (κ3) is 3.47. The van der Waals surface area contributed by atoms with Gasteiger partial charge in [-0.1, -0.05) is 0 Å². The molecule has 0 atom stereocenters. The molecule has 146 valence electrons. The lowest BCUT2D eigenvalue weighted by Crippen LogP contribution is -2.24. The van der Waals surface area contributed by atoms with E-state index in [0.717, 1.165) is 5.56 Å². The van der Waals surface area contributed by atoms with E-state index in [2.05, 4.69) is 15.4 Å². The second kappa shape index (κ2) is 6.74. The molecule has 7 nitrogen and oxygen atoms in total. The highest BCUT2D eigenvalue weighted by atomic mass is 19.3. The summed E-state index contributed by atoms with van der Waals surface area (Å²) < 4.78 is 37.8. The SMILES string of the molecule is CC1(C)Cc2cc(NC(=O)c3cnn4cccnc34)c(OCC(F)F)cc2O1. The van der Waals surface area contributed by atoms with Gasteiger partial charge in [-0.25, -0.2) is 18.3 Å². The molecule has 0 radical (unpaired) electrons. The van der Waals surface area contributed by atoms with Gasteiger partial charge in [0.2, 0.25) is 0 Å². The number of halogens is 2. The molecule has 1 aromatic carbocycles. The van der Waals surface area contributed by atoms with Gasteiger partial charge in [0, 0.05) is 30.4 Å². The molecular formula is C19H18F2N4O3. The number of amides is 1. The minimum Gasteiger partial charge on any atom is -0.487 e. The fourth-order valence-corrected chi connectivity index (χ4v) is 3.18. The molecule has 9 heteroatoms.